The summed E-state index contributed by atoms with van der Waals surface area (Å²) >= 11 is 0. The second-order valence-electron chi connectivity index (χ2n) is 3.53. The number of benzene rings is 1. The number of hydrogen-bond acceptors (Lipinski definition) is 3. The van der Waals surface area contributed by atoms with Crippen molar-refractivity contribution in [3.05, 3.63) is 35.4 Å². The van der Waals surface area contributed by atoms with E-state index in [9.17, 15) is 9.59 Å². The van der Waals surface area contributed by atoms with Crippen LogP contribution < -0.4 is 0 Å². The van der Waals surface area contributed by atoms with Crippen molar-refractivity contribution >= 4 is 11.9 Å². The Hall–Kier alpha value is -1.84. The van der Waals surface area contributed by atoms with E-state index < -0.39 is 17.9 Å². The highest BCUT2D eigenvalue weighted by Crippen LogP contribution is 2.23. The van der Waals surface area contributed by atoms with Gasteiger partial charge in [0.2, 0.25) is 0 Å². The van der Waals surface area contributed by atoms with E-state index in [2.05, 4.69) is 4.74 Å². The first-order chi connectivity index (χ1) is 7.56. The molecular weight excluding hydrogens is 208 g/mol. The summed E-state index contributed by atoms with van der Waals surface area (Å²) in [5, 5.41) is 9.09. The maximum absolute atomic E-state index is 11.1. The lowest BCUT2D eigenvalue weighted by Crippen LogP contribution is -2.17. The van der Waals surface area contributed by atoms with Crippen LogP contribution in [0.1, 0.15) is 23.5 Å². The molecule has 4 heteroatoms. The Balaban J connectivity index is 2.99. The molecular formula is C12H14O4. The molecule has 86 valence electrons. The number of esters is 1. The average Bonchev–Trinajstić information content (AvgIpc) is 2.26. The zero-order valence-electron chi connectivity index (χ0n) is 9.27. The molecule has 0 aromatic heterocycles. The van der Waals surface area contributed by atoms with Crippen LogP contribution in [-0.2, 0) is 14.3 Å². The Morgan fingerprint density at radius 1 is 1.38 bits per heavy atom. The van der Waals surface area contributed by atoms with Crippen LogP contribution in [-0.4, -0.2) is 24.2 Å². The molecule has 1 rings (SSSR count). The molecule has 0 bridgehead atoms. The molecule has 0 fully saturated rings. The number of aryl methyl sites for hydroxylation is 1. The molecule has 1 aromatic carbocycles. The van der Waals surface area contributed by atoms with Crippen molar-refractivity contribution in [1.29, 1.82) is 0 Å². The van der Waals surface area contributed by atoms with Crippen molar-refractivity contribution in [2.45, 2.75) is 19.3 Å². The molecule has 1 aromatic rings. The van der Waals surface area contributed by atoms with Crippen LogP contribution in [0.2, 0.25) is 0 Å². The highest BCUT2D eigenvalue weighted by Gasteiger charge is 2.24. The minimum absolute atomic E-state index is 0.142. The van der Waals surface area contributed by atoms with Crippen molar-refractivity contribution in [3.8, 4) is 0 Å². The van der Waals surface area contributed by atoms with Crippen LogP contribution in [0.15, 0.2) is 24.3 Å². The van der Waals surface area contributed by atoms with E-state index in [1.807, 2.05) is 19.1 Å². The summed E-state index contributed by atoms with van der Waals surface area (Å²) in [5.74, 6) is -2.37. The zero-order chi connectivity index (χ0) is 12.1. The second kappa shape index (κ2) is 5.30. The summed E-state index contributed by atoms with van der Waals surface area (Å²) in [7, 11) is 1.25. The molecule has 0 spiro atoms. The quantitative estimate of drug-likeness (QED) is 0.788. The smallest absolute Gasteiger partial charge is 0.311 e. The van der Waals surface area contributed by atoms with E-state index in [1.54, 1.807) is 12.1 Å². The van der Waals surface area contributed by atoms with Gasteiger partial charge in [0.15, 0.2) is 0 Å². The molecule has 1 atom stereocenters. The maximum atomic E-state index is 11.1. The topological polar surface area (TPSA) is 63.6 Å². The fourth-order valence-corrected chi connectivity index (χ4v) is 1.56. The van der Waals surface area contributed by atoms with Gasteiger partial charge in [-0.05, 0) is 18.1 Å². The van der Waals surface area contributed by atoms with Crippen LogP contribution in [0.4, 0.5) is 0 Å². The van der Waals surface area contributed by atoms with Crippen LogP contribution in [0.5, 0.6) is 0 Å². The Morgan fingerprint density at radius 3 is 2.50 bits per heavy atom. The molecule has 0 radical (unpaired) electrons. The number of carbonyl (C=O) groups is 2. The van der Waals surface area contributed by atoms with Gasteiger partial charge in [-0.3, -0.25) is 9.59 Å². The third-order valence-electron chi connectivity index (χ3n) is 2.46. The predicted octanol–water partition coefficient (Wildman–Crippen LogP) is 1.73. The van der Waals surface area contributed by atoms with Gasteiger partial charge in [-0.15, -0.1) is 0 Å². The maximum Gasteiger partial charge on any atom is 0.311 e. The van der Waals surface area contributed by atoms with Gasteiger partial charge in [-0.1, -0.05) is 24.3 Å². The number of carboxylic acid groups (broad SMARTS) is 1. The zero-order valence-corrected chi connectivity index (χ0v) is 9.27. The van der Waals surface area contributed by atoms with Gasteiger partial charge in [0, 0.05) is 0 Å². The number of rotatable bonds is 4. The second-order valence-corrected chi connectivity index (χ2v) is 3.53. The molecule has 1 N–H and O–H groups in total. The van der Waals surface area contributed by atoms with Gasteiger partial charge in [0.05, 0.1) is 19.4 Å². The first kappa shape index (κ1) is 12.2. The Kier molecular flexibility index (Phi) is 4.05. The fraction of sp³-hybridized carbons (Fsp3) is 0.333. The predicted molar refractivity (Wildman–Crippen MR) is 58.2 cm³/mol. The molecule has 4 nitrogen and oxygen atoms in total. The SMILES string of the molecule is COC(=O)C[C@@H](C(=O)O)c1ccccc1C. The molecule has 0 saturated carbocycles. The third-order valence-corrected chi connectivity index (χ3v) is 2.46. The van der Waals surface area contributed by atoms with E-state index >= 15 is 0 Å². The molecule has 0 unspecified atom stereocenters. The highest BCUT2D eigenvalue weighted by atomic mass is 16.5. The van der Waals surface area contributed by atoms with E-state index in [1.165, 1.54) is 7.11 Å². The van der Waals surface area contributed by atoms with E-state index in [0.29, 0.717) is 5.56 Å². The highest BCUT2D eigenvalue weighted by molar-refractivity contribution is 5.83. The van der Waals surface area contributed by atoms with Crippen molar-refractivity contribution < 1.29 is 19.4 Å². The Morgan fingerprint density at radius 2 is 2.00 bits per heavy atom. The van der Waals surface area contributed by atoms with Gasteiger partial charge in [0.1, 0.15) is 0 Å². The average molecular weight is 222 g/mol. The number of aliphatic carboxylic acids is 1. The fourth-order valence-electron chi connectivity index (χ4n) is 1.56. The van der Waals surface area contributed by atoms with E-state index in [4.69, 9.17) is 5.11 Å². The van der Waals surface area contributed by atoms with Crippen molar-refractivity contribution in [3.63, 3.8) is 0 Å². The van der Waals surface area contributed by atoms with Gasteiger partial charge >= 0.3 is 11.9 Å². The van der Waals surface area contributed by atoms with Crippen molar-refractivity contribution in [1.82, 2.24) is 0 Å². The summed E-state index contributed by atoms with van der Waals surface area (Å²) in [6.45, 7) is 1.82. The lowest BCUT2D eigenvalue weighted by Gasteiger charge is -2.13. The van der Waals surface area contributed by atoms with Crippen LogP contribution >= 0.6 is 0 Å². The van der Waals surface area contributed by atoms with Crippen molar-refractivity contribution in [2.75, 3.05) is 7.11 Å². The summed E-state index contributed by atoms with van der Waals surface area (Å²) in [4.78, 5) is 22.2. The van der Waals surface area contributed by atoms with Crippen LogP contribution in [0.3, 0.4) is 0 Å². The molecule has 0 aliphatic carbocycles. The Labute approximate surface area is 93.9 Å². The van der Waals surface area contributed by atoms with Crippen LogP contribution in [0, 0.1) is 6.92 Å². The lowest BCUT2D eigenvalue weighted by molar-refractivity contribution is -0.147. The van der Waals surface area contributed by atoms with Gasteiger partial charge in [0.25, 0.3) is 0 Å². The molecule has 0 heterocycles. The standard InChI is InChI=1S/C12H14O4/c1-8-5-3-4-6-9(8)10(12(14)15)7-11(13)16-2/h3-6,10H,7H2,1-2H3,(H,14,15)/t10-/m1/s1. The Bertz CT molecular complexity index is 398. The lowest BCUT2D eigenvalue weighted by atomic mass is 9.92. The molecule has 0 saturated heterocycles. The normalized spacial score (nSPS) is 11.9. The minimum Gasteiger partial charge on any atom is -0.481 e. The number of carboxylic acids is 1. The van der Waals surface area contributed by atoms with Gasteiger partial charge in [-0.25, -0.2) is 0 Å². The van der Waals surface area contributed by atoms with E-state index in [-0.39, 0.29) is 6.42 Å². The molecule has 0 amide bonds. The molecule has 16 heavy (non-hydrogen) atoms. The molecule has 0 aliphatic rings. The largest absolute Gasteiger partial charge is 0.481 e. The summed E-state index contributed by atoms with van der Waals surface area (Å²) < 4.78 is 4.49. The number of methoxy groups -OCH3 is 1. The summed E-state index contributed by atoms with van der Waals surface area (Å²) in [6, 6.07) is 7.13. The monoisotopic (exact) mass is 222 g/mol. The van der Waals surface area contributed by atoms with E-state index in [0.717, 1.165) is 5.56 Å². The van der Waals surface area contributed by atoms with Crippen LogP contribution in [0.25, 0.3) is 0 Å². The minimum atomic E-state index is -1.01. The number of carbonyl (C=O) groups excluding carboxylic acids is 1. The number of ether oxygens (including phenoxy) is 1. The summed E-state index contributed by atoms with van der Waals surface area (Å²) in [5.41, 5.74) is 1.51. The molecule has 0 aliphatic heterocycles. The summed E-state index contributed by atoms with van der Waals surface area (Å²) in [6.07, 6.45) is -0.142. The van der Waals surface area contributed by atoms with Gasteiger partial charge in [-0.2, -0.15) is 0 Å². The van der Waals surface area contributed by atoms with Gasteiger partial charge < -0.3 is 9.84 Å². The van der Waals surface area contributed by atoms with Crippen molar-refractivity contribution in [2.24, 2.45) is 0 Å². The number of hydrogen-bond donors (Lipinski definition) is 1. The third kappa shape index (κ3) is 2.82. The first-order valence-electron chi connectivity index (χ1n) is 4.91. The first-order valence-corrected chi connectivity index (χ1v) is 4.91.